The fourth-order valence-corrected chi connectivity index (χ4v) is 2.56. The van der Waals surface area contributed by atoms with Gasteiger partial charge in [-0.1, -0.05) is 47.7 Å². The molecule has 0 aliphatic carbocycles. The highest BCUT2D eigenvalue weighted by atomic mass is 32.1. The number of benzene rings is 2. The number of anilines is 2. The number of hydrogen-bond donors (Lipinski definition) is 2. The van der Waals surface area contributed by atoms with Gasteiger partial charge >= 0.3 is 0 Å². The third-order valence-corrected chi connectivity index (χ3v) is 3.91. The summed E-state index contributed by atoms with van der Waals surface area (Å²) < 4.78 is 0. The SMILES string of the molecule is N#C/C(=N/Nc1ccccc1)c1nnc(NC(=O)c2ccccc2)s1. The van der Waals surface area contributed by atoms with Gasteiger partial charge in [0.2, 0.25) is 5.13 Å². The second kappa shape index (κ2) is 7.81. The van der Waals surface area contributed by atoms with Crippen molar-refractivity contribution in [3.63, 3.8) is 0 Å². The van der Waals surface area contributed by atoms with E-state index in [1.807, 2.05) is 42.5 Å². The van der Waals surface area contributed by atoms with E-state index >= 15 is 0 Å². The second-order valence-electron chi connectivity index (χ2n) is 4.78. The van der Waals surface area contributed by atoms with Crippen LogP contribution in [0.15, 0.2) is 65.8 Å². The number of carbonyl (C=O) groups excluding carboxylic acids is 1. The lowest BCUT2D eigenvalue weighted by atomic mass is 10.2. The molecule has 1 heterocycles. The van der Waals surface area contributed by atoms with Crippen LogP contribution in [0.4, 0.5) is 10.8 Å². The highest BCUT2D eigenvalue weighted by Gasteiger charge is 2.13. The smallest absolute Gasteiger partial charge is 0.257 e. The Morgan fingerprint density at radius 1 is 1.04 bits per heavy atom. The van der Waals surface area contributed by atoms with Gasteiger partial charge in [-0.05, 0) is 24.3 Å². The fourth-order valence-electron chi connectivity index (χ4n) is 1.88. The van der Waals surface area contributed by atoms with Crippen molar-refractivity contribution in [2.75, 3.05) is 10.7 Å². The Bertz CT molecular complexity index is 931. The van der Waals surface area contributed by atoms with Crippen molar-refractivity contribution in [1.82, 2.24) is 10.2 Å². The van der Waals surface area contributed by atoms with Crippen molar-refractivity contribution in [1.29, 1.82) is 5.26 Å². The van der Waals surface area contributed by atoms with Crippen LogP contribution >= 0.6 is 11.3 Å². The Hall–Kier alpha value is -3.57. The maximum absolute atomic E-state index is 12.1. The van der Waals surface area contributed by atoms with Gasteiger partial charge in [0.1, 0.15) is 6.07 Å². The summed E-state index contributed by atoms with van der Waals surface area (Å²) in [6.07, 6.45) is 0. The number of amides is 1. The first-order valence-corrected chi connectivity index (χ1v) is 8.07. The average molecular weight is 348 g/mol. The Labute approximate surface area is 147 Å². The van der Waals surface area contributed by atoms with Crippen LogP contribution in [0, 0.1) is 11.3 Å². The minimum absolute atomic E-state index is 0.0848. The molecular formula is C17H12N6OS. The third kappa shape index (κ3) is 4.25. The predicted octanol–water partition coefficient (Wildman–Crippen LogP) is 3.13. The van der Waals surface area contributed by atoms with Crippen molar-refractivity contribution in [3.8, 4) is 6.07 Å². The molecule has 25 heavy (non-hydrogen) atoms. The Balaban J connectivity index is 1.71. The summed E-state index contributed by atoms with van der Waals surface area (Å²) in [5.74, 6) is -0.291. The van der Waals surface area contributed by atoms with Gasteiger partial charge in [0.25, 0.3) is 5.91 Å². The quantitative estimate of drug-likeness (QED) is 0.545. The molecule has 0 saturated heterocycles. The number of rotatable bonds is 5. The van der Waals surface area contributed by atoms with Gasteiger partial charge in [0, 0.05) is 5.56 Å². The van der Waals surface area contributed by atoms with Crippen molar-refractivity contribution in [3.05, 3.63) is 71.2 Å². The van der Waals surface area contributed by atoms with E-state index in [1.54, 1.807) is 24.3 Å². The molecule has 0 fully saturated rings. The molecule has 0 atom stereocenters. The molecule has 0 aliphatic heterocycles. The maximum atomic E-state index is 12.1. The van der Waals surface area contributed by atoms with Gasteiger partial charge in [-0.15, -0.1) is 10.2 Å². The molecule has 7 nitrogen and oxygen atoms in total. The number of aromatic nitrogens is 2. The fraction of sp³-hybridized carbons (Fsp3) is 0. The monoisotopic (exact) mass is 348 g/mol. The maximum Gasteiger partial charge on any atom is 0.257 e. The zero-order chi connectivity index (χ0) is 17.5. The Morgan fingerprint density at radius 2 is 1.72 bits per heavy atom. The first kappa shape index (κ1) is 16.3. The summed E-state index contributed by atoms with van der Waals surface area (Å²) in [4.78, 5) is 12.1. The predicted molar refractivity (Wildman–Crippen MR) is 96.5 cm³/mol. The first-order valence-electron chi connectivity index (χ1n) is 7.25. The second-order valence-corrected chi connectivity index (χ2v) is 5.76. The van der Waals surface area contributed by atoms with Crippen LogP contribution in [0.3, 0.4) is 0 Å². The van der Waals surface area contributed by atoms with Gasteiger partial charge in [-0.3, -0.25) is 15.5 Å². The minimum atomic E-state index is -0.291. The van der Waals surface area contributed by atoms with E-state index < -0.39 is 0 Å². The Kier molecular flexibility index (Phi) is 5.09. The van der Waals surface area contributed by atoms with Gasteiger partial charge in [-0.25, -0.2) is 0 Å². The molecule has 122 valence electrons. The van der Waals surface area contributed by atoms with Crippen molar-refractivity contribution >= 4 is 33.8 Å². The topological polar surface area (TPSA) is 103 Å². The number of para-hydroxylation sites is 1. The summed E-state index contributed by atoms with van der Waals surface area (Å²) in [6.45, 7) is 0. The third-order valence-electron chi connectivity index (χ3n) is 3.06. The summed E-state index contributed by atoms with van der Waals surface area (Å²) in [6, 6.07) is 20.0. The van der Waals surface area contributed by atoms with Crippen molar-refractivity contribution < 1.29 is 4.79 Å². The number of nitrogens with one attached hydrogen (secondary N) is 2. The minimum Gasteiger partial charge on any atom is -0.296 e. The van der Waals surface area contributed by atoms with Gasteiger partial charge in [0.15, 0.2) is 10.7 Å². The number of carbonyl (C=O) groups is 1. The van der Waals surface area contributed by atoms with Crippen LogP contribution in [0.5, 0.6) is 0 Å². The van der Waals surface area contributed by atoms with Gasteiger partial charge in [-0.2, -0.15) is 10.4 Å². The standard InChI is InChI=1S/C17H12N6OS/c18-11-14(21-20-13-9-5-2-6-10-13)16-22-23-17(25-16)19-15(24)12-7-3-1-4-8-12/h1-10,20H,(H,19,23,24)/b21-14-. The van der Waals surface area contributed by atoms with Crippen LogP contribution in [0.2, 0.25) is 0 Å². The molecule has 2 N–H and O–H groups in total. The lowest BCUT2D eigenvalue weighted by Crippen LogP contribution is -2.11. The first-order chi connectivity index (χ1) is 12.3. The van der Waals surface area contributed by atoms with Crippen LogP contribution in [-0.2, 0) is 0 Å². The van der Waals surface area contributed by atoms with E-state index in [-0.39, 0.29) is 11.6 Å². The summed E-state index contributed by atoms with van der Waals surface area (Å²) in [5.41, 5.74) is 4.13. The lowest BCUT2D eigenvalue weighted by molar-refractivity contribution is 0.102. The Morgan fingerprint density at radius 3 is 2.40 bits per heavy atom. The lowest BCUT2D eigenvalue weighted by Gasteiger charge is -2.00. The van der Waals surface area contributed by atoms with E-state index in [2.05, 4.69) is 26.0 Å². The van der Waals surface area contributed by atoms with Crippen molar-refractivity contribution in [2.24, 2.45) is 5.10 Å². The highest BCUT2D eigenvalue weighted by Crippen LogP contribution is 2.17. The van der Waals surface area contributed by atoms with Gasteiger partial charge in [0.05, 0.1) is 5.69 Å². The molecule has 0 aliphatic rings. The molecule has 0 saturated carbocycles. The zero-order valence-corrected chi connectivity index (χ0v) is 13.7. The van der Waals surface area contributed by atoms with Crippen LogP contribution < -0.4 is 10.7 Å². The molecule has 0 unspecified atom stereocenters. The highest BCUT2D eigenvalue weighted by molar-refractivity contribution is 7.17. The average Bonchev–Trinajstić information content (AvgIpc) is 3.12. The van der Waals surface area contributed by atoms with E-state index in [4.69, 9.17) is 0 Å². The number of nitriles is 1. The molecule has 3 rings (SSSR count). The van der Waals surface area contributed by atoms with Crippen LogP contribution in [0.25, 0.3) is 0 Å². The molecular weight excluding hydrogens is 336 g/mol. The molecule has 0 spiro atoms. The normalized spacial score (nSPS) is 10.8. The van der Waals surface area contributed by atoms with E-state index in [9.17, 15) is 10.1 Å². The van der Waals surface area contributed by atoms with E-state index in [0.717, 1.165) is 17.0 Å². The van der Waals surface area contributed by atoms with Gasteiger partial charge < -0.3 is 0 Å². The largest absolute Gasteiger partial charge is 0.296 e. The molecule has 8 heteroatoms. The number of hydrazone groups is 1. The molecule has 1 aromatic heterocycles. The summed E-state index contributed by atoms with van der Waals surface area (Å²) in [5, 5.41) is 24.3. The number of nitrogens with zero attached hydrogens (tertiary/aromatic N) is 4. The van der Waals surface area contributed by atoms with E-state index in [0.29, 0.717) is 15.7 Å². The van der Waals surface area contributed by atoms with Crippen molar-refractivity contribution in [2.45, 2.75) is 0 Å². The molecule has 2 aromatic carbocycles. The van der Waals surface area contributed by atoms with Crippen LogP contribution in [0.1, 0.15) is 15.4 Å². The van der Waals surface area contributed by atoms with E-state index in [1.165, 1.54) is 0 Å². The van der Waals surface area contributed by atoms with Crippen LogP contribution in [-0.4, -0.2) is 21.8 Å². The zero-order valence-electron chi connectivity index (χ0n) is 12.9. The molecule has 1 amide bonds. The summed E-state index contributed by atoms with van der Waals surface area (Å²) >= 11 is 1.08. The molecule has 0 radical (unpaired) electrons. The number of hydrogen-bond acceptors (Lipinski definition) is 7. The molecule has 0 bridgehead atoms. The molecule has 3 aromatic rings. The summed E-state index contributed by atoms with van der Waals surface area (Å²) in [7, 11) is 0.